The zero-order valence-corrected chi connectivity index (χ0v) is 13.0. The average Bonchev–Trinajstić information content (AvgIpc) is 2.74. The lowest BCUT2D eigenvalue weighted by Crippen LogP contribution is -2.40. The Hall–Kier alpha value is -1.87. The minimum absolute atomic E-state index is 0.0320. The van der Waals surface area contributed by atoms with E-state index in [9.17, 15) is 4.79 Å². The van der Waals surface area contributed by atoms with Crippen molar-refractivity contribution in [3.8, 4) is 6.07 Å². The van der Waals surface area contributed by atoms with Gasteiger partial charge in [0.1, 0.15) is 0 Å². The van der Waals surface area contributed by atoms with Crippen molar-refractivity contribution < 1.29 is 4.79 Å². The quantitative estimate of drug-likeness (QED) is 0.915. The van der Waals surface area contributed by atoms with Crippen molar-refractivity contribution in [2.75, 3.05) is 25.0 Å². The van der Waals surface area contributed by atoms with Crippen molar-refractivity contribution >= 4 is 11.6 Å². The molecule has 1 atom stereocenters. The van der Waals surface area contributed by atoms with Gasteiger partial charge in [-0.3, -0.25) is 14.4 Å². The predicted octanol–water partition coefficient (Wildman–Crippen LogP) is 1.69. The second kappa shape index (κ2) is 6.72. The lowest BCUT2D eigenvalue weighted by atomic mass is 10.00. The number of aromatic nitrogens is 2. The molecule has 1 aromatic heterocycles. The molecule has 1 aliphatic rings. The summed E-state index contributed by atoms with van der Waals surface area (Å²) in [4.78, 5) is 14.3. The number of aryl methyl sites for hydroxylation is 2. The number of likely N-dealkylation sites (tertiary alicyclic amines) is 1. The Morgan fingerprint density at radius 3 is 2.90 bits per heavy atom. The Kier molecular flexibility index (Phi) is 4.97. The van der Waals surface area contributed by atoms with Crippen LogP contribution in [0.5, 0.6) is 0 Å². The van der Waals surface area contributed by atoms with Crippen LogP contribution in [0, 0.1) is 31.1 Å². The van der Waals surface area contributed by atoms with Crippen LogP contribution in [-0.4, -0.2) is 40.2 Å². The Balaban J connectivity index is 1.96. The summed E-state index contributed by atoms with van der Waals surface area (Å²) >= 11 is 0. The topological polar surface area (TPSA) is 74.0 Å². The van der Waals surface area contributed by atoms with Gasteiger partial charge >= 0.3 is 0 Å². The van der Waals surface area contributed by atoms with Crippen molar-refractivity contribution in [2.45, 2.75) is 40.2 Å². The first-order valence-corrected chi connectivity index (χ1v) is 7.51. The van der Waals surface area contributed by atoms with E-state index in [-0.39, 0.29) is 11.8 Å². The van der Waals surface area contributed by atoms with Crippen LogP contribution in [0.4, 0.5) is 5.69 Å². The number of rotatable bonds is 4. The maximum absolute atomic E-state index is 12.2. The van der Waals surface area contributed by atoms with E-state index in [1.807, 2.05) is 25.5 Å². The number of carbonyl (C=O) groups is 1. The molecular weight excluding hydrogens is 266 g/mol. The highest BCUT2D eigenvalue weighted by Gasteiger charge is 2.22. The molecule has 2 rings (SSSR count). The number of anilines is 1. The normalized spacial score (nSPS) is 19.2. The molecule has 1 aliphatic heterocycles. The average molecular weight is 289 g/mol. The fraction of sp³-hybridized carbons (Fsp3) is 0.667. The monoisotopic (exact) mass is 289 g/mol. The molecule has 0 bridgehead atoms. The summed E-state index contributed by atoms with van der Waals surface area (Å²) in [5.74, 6) is 0.0216. The molecule has 0 spiro atoms. The third-order valence-electron chi connectivity index (χ3n) is 4.00. The number of hydrogen-bond donors (Lipinski definition) is 1. The maximum Gasteiger partial charge on any atom is 0.238 e. The van der Waals surface area contributed by atoms with E-state index >= 15 is 0 Å². The first kappa shape index (κ1) is 15.5. The van der Waals surface area contributed by atoms with Crippen LogP contribution < -0.4 is 5.32 Å². The number of carbonyl (C=O) groups excluding carboxylic acids is 1. The molecule has 114 valence electrons. The van der Waals surface area contributed by atoms with Crippen LogP contribution in [0.3, 0.4) is 0 Å². The van der Waals surface area contributed by atoms with E-state index in [1.54, 1.807) is 0 Å². The largest absolute Gasteiger partial charge is 0.322 e. The number of nitrogens with one attached hydrogen (secondary N) is 1. The lowest BCUT2D eigenvalue weighted by molar-refractivity contribution is -0.117. The van der Waals surface area contributed by atoms with Gasteiger partial charge < -0.3 is 5.32 Å². The van der Waals surface area contributed by atoms with E-state index in [2.05, 4.69) is 21.4 Å². The third-order valence-corrected chi connectivity index (χ3v) is 4.00. The molecule has 1 N–H and O–H groups in total. The fourth-order valence-corrected chi connectivity index (χ4v) is 2.87. The van der Waals surface area contributed by atoms with Gasteiger partial charge in [-0.05, 0) is 40.2 Å². The van der Waals surface area contributed by atoms with Crippen molar-refractivity contribution in [3.05, 3.63) is 11.4 Å². The molecule has 6 nitrogen and oxygen atoms in total. The summed E-state index contributed by atoms with van der Waals surface area (Å²) in [6.07, 6.45) is 1.92. The van der Waals surface area contributed by atoms with E-state index in [4.69, 9.17) is 5.26 Å². The number of nitriles is 1. The lowest BCUT2D eigenvalue weighted by Gasteiger charge is -2.28. The predicted molar refractivity (Wildman–Crippen MR) is 80.8 cm³/mol. The van der Waals surface area contributed by atoms with Gasteiger partial charge in [-0.25, -0.2) is 0 Å². The molecule has 0 aliphatic carbocycles. The summed E-state index contributed by atoms with van der Waals surface area (Å²) in [5.41, 5.74) is 2.64. The Morgan fingerprint density at radius 2 is 2.29 bits per heavy atom. The standard InChI is InChI=1S/C15H23N5O/c1-4-20-12(3)15(11(2)18-20)17-14(21)10-19-7-5-6-13(8-16)9-19/h13H,4-7,9-10H2,1-3H3,(H,17,21). The Morgan fingerprint density at radius 1 is 1.52 bits per heavy atom. The summed E-state index contributed by atoms with van der Waals surface area (Å²) in [5, 5.41) is 16.4. The first-order valence-electron chi connectivity index (χ1n) is 7.51. The molecule has 1 fully saturated rings. The number of hydrogen-bond acceptors (Lipinski definition) is 4. The zero-order chi connectivity index (χ0) is 15.4. The van der Waals surface area contributed by atoms with E-state index < -0.39 is 0 Å². The van der Waals surface area contributed by atoms with E-state index in [0.29, 0.717) is 13.1 Å². The van der Waals surface area contributed by atoms with Crippen LogP contribution in [0.15, 0.2) is 0 Å². The fourth-order valence-electron chi connectivity index (χ4n) is 2.87. The molecule has 2 heterocycles. The molecule has 1 saturated heterocycles. The van der Waals surface area contributed by atoms with Gasteiger partial charge in [-0.2, -0.15) is 10.4 Å². The summed E-state index contributed by atoms with van der Waals surface area (Å²) in [6, 6.07) is 2.30. The van der Waals surface area contributed by atoms with Gasteiger partial charge in [0.2, 0.25) is 5.91 Å². The zero-order valence-electron chi connectivity index (χ0n) is 13.0. The van der Waals surface area contributed by atoms with Gasteiger partial charge in [-0.15, -0.1) is 0 Å². The smallest absolute Gasteiger partial charge is 0.238 e. The van der Waals surface area contributed by atoms with Crippen molar-refractivity contribution in [2.24, 2.45) is 5.92 Å². The minimum atomic E-state index is -0.0320. The molecule has 1 aromatic rings. The molecular formula is C15H23N5O. The highest BCUT2D eigenvalue weighted by molar-refractivity contribution is 5.93. The van der Waals surface area contributed by atoms with Crippen LogP contribution in [0.1, 0.15) is 31.2 Å². The van der Waals surface area contributed by atoms with Crippen LogP contribution in [0.2, 0.25) is 0 Å². The van der Waals surface area contributed by atoms with Gasteiger partial charge in [0.15, 0.2) is 0 Å². The van der Waals surface area contributed by atoms with Gasteiger partial charge in [0.05, 0.1) is 35.6 Å². The number of piperidine rings is 1. The number of nitrogens with zero attached hydrogens (tertiary/aromatic N) is 4. The summed E-state index contributed by atoms with van der Waals surface area (Å²) in [6.45, 7) is 8.61. The molecule has 21 heavy (non-hydrogen) atoms. The summed E-state index contributed by atoms with van der Waals surface area (Å²) in [7, 11) is 0. The molecule has 0 saturated carbocycles. The molecule has 1 unspecified atom stereocenters. The van der Waals surface area contributed by atoms with E-state index in [1.165, 1.54) is 0 Å². The molecule has 6 heteroatoms. The highest BCUT2D eigenvalue weighted by atomic mass is 16.2. The van der Waals surface area contributed by atoms with Crippen molar-refractivity contribution in [3.63, 3.8) is 0 Å². The Labute approximate surface area is 125 Å². The van der Waals surface area contributed by atoms with Crippen LogP contribution >= 0.6 is 0 Å². The van der Waals surface area contributed by atoms with E-state index in [0.717, 1.165) is 43.0 Å². The van der Waals surface area contributed by atoms with Crippen molar-refractivity contribution in [1.29, 1.82) is 5.26 Å². The van der Waals surface area contributed by atoms with Gasteiger partial charge in [0.25, 0.3) is 0 Å². The van der Waals surface area contributed by atoms with Gasteiger partial charge in [-0.1, -0.05) is 0 Å². The Bertz CT molecular complexity index is 557. The maximum atomic E-state index is 12.2. The van der Waals surface area contributed by atoms with Crippen molar-refractivity contribution in [1.82, 2.24) is 14.7 Å². The third kappa shape index (κ3) is 3.61. The summed E-state index contributed by atoms with van der Waals surface area (Å²) < 4.78 is 1.89. The molecule has 1 amide bonds. The second-order valence-corrected chi connectivity index (χ2v) is 5.61. The SMILES string of the molecule is CCn1nc(C)c(NC(=O)CN2CCCC(C#N)C2)c1C. The van der Waals surface area contributed by atoms with Crippen LogP contribution in [0.25, 0.3) is 0 Å². The number of amides is 1. The molecule has 0 aromatic carbocycles. The molecule has 0 radical (unpaired) electrons. The van der Waals surface area contributed by atoms with Crippen LogP contribution in [-0.2, 0) is 11.3 Å². The first-order chi connectivity index (χ1) is 10.0. The van der Waals surface area contributed by atoms with Gasteiger partial charge in [0, 0.05) is 13.1 Å². The minimum Gasteiger partial charge on any atom is -0.322 e. The highest BCUT2D eigenvalue weighted by Crippen LogP contribution is 2.20. The second-order valence-electron chi connectivity index (χ2n) is 5.61.